The Morgan fingerprint density at radius 1 is 0.638 bits per heavy atom. The standard InChI is InChI=1S/C25H23Cl2NO.C16H12Cl2O.C9H13N/c1-16(18-8-6-17(15-29)7-9-18)28-25-13-11-20(21-4-2-3-5-22(21)25)19-10-12-23(26)24(27)14-19;17-14-7-5-10(9-15(14)18)11-6-8-16(19)13-4-2-1-3-12(11)13;1-7-3-5-9(6-4-7)8(2)10/h2-10,12,14,16,20,29H,11,13,15H2,1H3;1-5,7,9,11H,6,8H2;3-6,8H,10H2,1-2H3/t16-,20+;11-;8-/m101/s1. The Labute approximate surface area is 362 Å². The van der Waals surface area contributed by atoms with Crippen LogP contribution < -0.4 is 5.73 Å². The first kappa shape index (κ1) is 43.3. The van der Waals surface area contributed by atoms with E-state index >= 15 is 0 Å². The van der Waals surface area contributed by atoms with E-state index < -0.39 is 0 Å². The Balaban J connectivity index is 0.000000167. The van der Waals surface area contributed by atoms with Gasteiger partial charge in [0.1, 0.15) is 0 Å². The van der Waals surface area contributed by atoms with Gasteiger partial charge in [-0.1, -0.05) is 161 Å². The normalized spacial score (nSPS) is 17.5. The molecule has 8 heteroatoms. The highest BCUT2D eigenvalue weighted by atomic mass is 35.5. The number of aryl methyl sites for hydroxylation is 1. The number of rotatable bonds is 6. The molecule has 4 nitrogen and oxygen atoms in total. The molecule has 0 saturated carbocycles. The van der Waals surface area contributed by atoms with Crippen LogP contribution in [0.4, 0.5) is 0 Å². The molecule has 6 aromatic carbocycles. The predicted octanol–water partition coefficient (Wildman–Crippen LogP) is 14.1. The number of nitrogens with zero attached hydrogens (tertiary/aromatic N) is 1. The second-order valence-corrected chi connectivity index (χ2v) is 16.6. The maximum atomic E-state index is 11.9. The number of benzene rings is 6. The fourth-order valence-corrected chi connectivity index (χ4v) is 8.23. The van der Waals surface area contributed by atoms with Crippen molar-refractivity contribution < 1.29 is 9.90 Å². The van der Waals surface area contributed by atoms with Gasteiger partial charge in [-0.05, 0) is 109 Å². The van der Waals surface area contributed by atoms with Crippen LogP contribution in [-0.4, -0.2) is 16.6 Å². The van der Waals surface area contributed by atoms with Crippen LogP contribution in [-0.2, 0) is 6.61 Å². The van der Waals surface area contributed by atoms with E-state index in [9.17, 15) is 9.90 Å². The summed E-state index contributed by atoms with van der Waals surface area (Å²) in [7, 11) is 0. The molecule has 6 aromatic rings. The maximum Gasteiger partial charge on any atom is 0.163 e. The lowest BCUT2D eigenvalue weighted by molar-refractivity contribution is 0.0969. The summed E-state index contributed by atoms with van der Waals surface area (Å²) < 4.78 is 0. The van der Waals surface area contributed by atoms with E-state index in [1.165, 1.54) is 27.8 Å². The smallest absolute Gasteiger partial charge is 0.163 e. The van der Waals surface area contributed by atoms with Gasteiger partial charge in [0.25, 0.3) is 0 Å². The topological polar surface area (TPSA) is 75.7 Å². The second-order valence-electron chi connectivity index (χ2n) is 15.0. The SMILES string of the molecule is C[C@@H](N=C1CC[C@@H](c2ccc(Cl)c(Cl)c2)c2ccccc21)c1ccc(CO)cc1.Cc1ccc([C@@H](C)N)cc1.O=C1CC[C@@H](c2ccc(Cl)c(Cl)c2)c2ccccc21. The van der Waals surface area contributed by atoms with E-state index in [0.29, 0.717) is 32.4 Å². The van der Waals surface area contributed by atoms with E-state index in [4.69, 9.17) is 57.1 Å². The van der Waals surface area contributed by atoms with Crippen molar-refractivity contribution in [1.82, 2.24) is 0 Å². The number of fused-ring (bicyclic) bond motifs is 2. The number of hydrogen-bond donors (Lipinski definition) is 2. The minimum absolute atomic E-state index is 0.0622. The van der Waals surface area contributed by atoms with Crippen LogP contribution in [0, 0.1) is 6.92 Å². The van der Waals surface area contributed by atoms with E-state index in [-0.39, 0.29) is 30.4 Å². The van der Waals surface area contributed by atoms with E-state index in [2.05, 4.69) is 68.4 Å². The summed E-state index contributed by atoms with van der Waals surface area (Å²) in [5, 5.41) is 11.6. The predicted molar refractivity (Wildman–Crippen MR) is 243 cm³/mol. The van der Waals surface area contributed by atoms with Gasteiger partial charge in [0.2, 0.25) is 0 Å². The van der Waals surface area contributed by atoms with Crippen LogP contribution in [0.15, 0.2) is 138 Å². The number of hydrogen-bond acceptors (Lipinski definition) is 4. The minimum Gasteiger partial charge on any atom is -0.392 e. The summed E-state index contributed by atoms with van der Waals surface area (Å²) in [5.74, 6) is 0.745. The molecular weight excluding hydrogens is 802 g/mol. The molecule has 0 bridgehead atoms. The number of aliphatic hydroxyl groups is 1. The minimum atomic E-state index is 0.0622. The number of carbonyl (C=O) groups excluding carboxylic acids is 1. The summed E-state index contributed by atoms with van der Waals surface area (Å²) in [4.78, 5) is 17.0. The third-order valence-electron chi connectivity index (χ3n) is 10.9. The Morgan fingerprint density at radius 2 is 1.14 bits per heavy atom. The van der Waals surface area contributed by atoms with Gasteiger partial charge in [-0.15, -0.1) is 0 Å². The van der Waals surface area contributed by atoms with Crippen LogP contribution in [0.3, 0.4) is 0 Å². The molecule has 0 radical (unpaired) electrons. The molecule has 58 heavy (non-hydrogen) atoms. The monoisotopic (exact) mass is 848 g/mol. The number of carbonyl (C=O) groups is 1. The summed E-state index contributed by atoms with van der Waals surface area (Å²) in [6, 6.07) is 44.5. The van der Waals surface area contributed by atoms with Crippen LogP contribution in [0.2, 0.25) is 20.1 Å². The first-order chi connectivity index (χ1) is 27.9. The lowest BCUT2D eigenvalue weighted by Crippen LogP contribution is -2.18. The molecule has 0 fully saturated rings. The Bertz CT molecular complexity index is 2370. The molecule has 298 valence electrons. The van der Waals surface area contributed by atoms with Gasteiger partial charge < -0.3 is 10.8 Å². The molecule has 8 rings (SSSR count). The largest absolute Gasteiger partial charge is 0.392 e. The second kappa shape index (κ2) is 20.1. The van der Waals surface area contributed by atoms with Gasteiger partial charge in [-0.25, -0.2) is 0 Å². The van der Waals surface area contributed by atoms with E-state index in [1.54, 1.807) is 0 Å². The Morgan fingerprint density at radius 3 is 1.67 bits per heavy atom. The number of Topliss-reactive ketones (excluding diaryl/α,β-unsaturated/α-hetero) is 1. The van der Waals surface area contributed by atoms with Crippen molar-refractivity contribution in [2.24, 2.45) is 10.7 Å². The molecule has 2 aliphatic carbocycles. The fraction of sp³-hybridized carbons (Fsp3) is 0.240. The highest BCUT2D eigenvalue weighted by molar-refractivity contribution is 6.42. The quantitative estimate of drug-likeness (QED) is 0.175. The highest BCUT2D eigenvalue weighted by Crippen LogP contribution is 2.40. The van der Waals surface area contributed by atoms with Crippen molar-refractivity contribution >= 4 is 57.9 Å². The molecular formula is C50H48Cl4N2O2. The molecule has 0 heterocycles. The van der Waals surface area contributed by atoms with Crippen LogP contribution in [0.5, 0.6) is 0 Å². The molecule has 0 saturated heterocycles. The zero-order valence-electron chi connectivity index (χ0n) is 32.9. The van der Waals surface area contributed by atoms with Crippen molar-refractivity contribution in [3.05, 3.63) is 209 Å². The molecule has 0 spiro atoms. The number of nitrogens with two attached hydrogens (primary N) is 1. The zero-order valence-corrected chi connectivity index (χ0v) is 36.0. The Hall–Kier alpha value is -4.26. The summed E-state index contributed by atoms with van der Waals surface area (Å²) >= 11 is 24.4. The average molecular weight is 851 g/mol. The highest BCUT2D eigenvalue weighted by Gasteiger charge is 2.28. The van der Waals surface area contributed by atoms with Gasteiger partial charge in [0, 0.05) is 35.6 Å². The van der Waals surface area contributed by atoms with Crippen molar-refractivity contribution in [3.8, 4) is 0 Å². The molecule has 3 N–H and O–H groups in total. The first-order valence-corrected chi connectivity index (χ1v) is 21.1. The van der Waals surface area contributed by atoms with Gasteiger partial charge in [0.15, 0.2) is 5.78 Å². The number of aliphatic imine (C=N–C) groups is 1. The van der Waals surface area contributed by atoms with Crippen LogP contribution in [0.25, 0.3) is 0 Å². The third-order valence-corrected chi connectivity index (χ3v) is 12.4. The molecule has 0 unspecified atom stereocenters. The van der Waals surface area contributed by atoms with Crippen molar-refractivity contribution in [3.63, 3.8) is 0 Å². The van der Waals surface area contributed by atoms with Crippen molar-refractivity contribution in [2.45, 2.75) is 77.0 Å². The molecule has 4 atom stereocenters. The van der Waals surface area contributed by atoms with E-state index in [1.807, 2.05) is 85.8 Å². The van der Waals surface area contributed by atoms with Crippen molar-refractivity contribution in [2.75, 3.05) is 0 Å². The average Bonchev–Trinajstić information content (AvgIpc) is 3.24. The van der Waals surface area contributed by atoms with Crippen molar-refractivity contribution in [1.29, 1.82) is 0 Å². The lowest BCUT2D eigenvalue weighted by atomic mass is 9.78. The van der Waals surface area contributed by atoms with Gasteiger partial charge in [-0.2, -0.15) is 0 Å². The van der Waals surface area contributed by atoms with Crippen LogP contribution >= 0.6 is 46.4 Å². The molecule has 0 aromatic heterocycles. The van der Waals surface area contributed by atoms with Gasteiger partial charge >= 0.3 is 0 Å². The van der Waals surface area contributed by atoms with E-state index in [0.717, 1.165) is 52.8 Å². The summed E-state index contributed by atoms with van der Waals surface area (Å²) in [5.41, 5.74) is 18.1. The van der Waals surface area contributed by atoms with Crippen LogP contribution in [0.1, 0.15) is 124 Å². The fourth-order valence-electron chi connectivity index (χ4n) is 7.62. The number of ketones is 1. The molecule has 2 aliphatic rings. The zero-order chi connectivity index (χ0) is 41.3. The Kier molecular flexibility index (Phi) is 15.0. The van der Waals surface area contributed by atoms with Gasteiger partial charge in [-0.3, -0.25) is 9.79 Å². The summed E-state index contributed by atoms with van der Waals surface area (Å²) in [6.45, 7) is 6.25. The number of aliphatic hydroxyl groups excluding tert-OH is 1. The third kappa shape index (κ3) is 10.7. The van der Waals surface area contributed by atoms with Gasteiger partial charge in [0.05, 0.1) is 32.7 Å². The maximum absolute atomic E-state index is 11.9. The summed E-state index contributed by atoms with van der Waals surface area (Å²) in [6.07, 6.45) is 3.32. The first-order valence-electron chi connectivity index (χ1n) is 19.6. The molecule has 0 aliphatic heterocycles. The number of halogens is 4. The molecule has 0 amide bonds. The lowest BCUT2D eigenvalue weighted by Gasteiger charge is -2.28.